The Bertz CT molecular complexity index is 1090. The molecule has 0 aliphatic heterocycles. The topological polar surface area (TPSA) is 64.0 Å². The Morgan fingerprint density at radius 2 is 2.04 bits per heavy atom. The number of nitrogens with one attached hydrogen (secondary N) is 1. The molecule has 8 heteroatoms. The second kappa shape index (κ2) is 7.19. The number of aromatic nitrogens is 2. The van der Waals surface area contributed by atoms with Gasteiger partial charge in [0, 0.05) is 29.6 Å². The van der Waals surface area contributed by atoms with E-state index < -0.39 is 11.6 Å². The quantitative estimate of drug-likeness (QED) is 0.741. The molecule has 5 nitrogen and oxygen atoms in total. The molecule has 27 heavy (non-hydrogen) atoms. The van der Waals surface area contributed by atoms with Gasteiger partial charge in [-0.3, -0.25) is 14.2 Å². The van der Waals surface area contributed by atoms with Gasteiger partial charge in [-0.2, -0.15) is 0 Å². The molecular weight excluding hydrogens is 372 g/mol. The van der Waals surface area contributed by atoms with Gasteiger partial charge in [0.05, 0.1) is 11.7 Å². The number of fused-ring (bicyclic) bond motifs is 3. The third-order valence-corrected chi connectivity index (χ3v) is 5.92. The van der Waals surface area contributed by atoms with Crippen molar-refractivity contribution >= 4 is 33.1 Å². The highest BCUT2D eigenvalue weighted by Crippen LogP contribution is 2.33. The first-order chi connectivity index (χ1) is 13.0. The van der Waals surface area contributed by atoms with E-state index in [0.717, 1.165) is 48.2 Å². The van der Waals surface area contributed by atoms with Crippen molar-refractivity contribution in [1.82, 2.24) is 9.55 Å². The van der Waals surface area contributed by atoms with E-state index in [0.29, 0.717) is 5.39 Å². The number of carbonyl (C=O) groups excluding carboxylic acids is 1. The van der Waals surface area contributed by atoms with Crippen LogP contribution in [0, 0.1) is 11.6 Å². The van der Waals surface area contributed by atoms with Crippen molar-refractivity contribution in [3.05, 3.63) is 57.0 Å². The fraction of sp³-hybridized carbons (Fsp3) is 0.316. The van der Waals surface area contributed by atoms with Crippen LogP contribution in [-0.4, -0.2) is 15.5 Å². The average molecular weight is 389 g/mol. The summed E-state index contributed by atoms with van der Waals surface area (Å²) in [4.78, 5) is 31.3. The van der Waals surface area contributed by atoms with Crippen LogP contribution in [0.3, 0.4) is 0 Å². The zero-order valence-electron chi connectivity index (χ0n) is 14.4. The number of nitrogens with zero attached hydrogens (tertiary/aromatic N) is 2. The molecular formula is C19H17F2N3O2S. The summed E-state index contributed by atoms with van der Waals surface area (Å²) in [5.41, 5.74) is 1.16. The van der Waals surface area contributed by atoms with E-state index in [2.05, 4.69) is 10.3 Å². The first kappa shape index (κ1) is 17.8. The number of anilines is 1. The molecule has 1 aromatic carbocycles. The number of halogens is 2. The van der Waals surface area contributed by atoms with Crippen LogP contribution in [0.1, 0.15) is 29.7 Å². The highest BCUT2D eigenvalue weighted by Gasteiger charge is 2.20. The average Bonchev–Trinajstić information content (AvgIpc) is 3.03. The Hall–Kier alpha value is -2.61. The highest BCUT2D eigenvalue weighted by molar-refractivity contribution is 7.18. The van der Waals surface area contributed by atoms with Crippen LogP contribution in [-0.2, 0) is 24.2 Å². The number of hydrogen-bond donors (Lipinski definition) is 1. The summed E-state index contributed by atoms with van der Waals surface area (Å²) >= 11 is 1.58. The summed E-state index contributed by atoms with van der Waals surface area (Å²) in [5, 5.41) is 3.18. The predicted octanol–water partition coefficient (Wildman–Crippen LogP) is 3.64. The molecule has 4 rings (SSSR count). The second-order valence-corrected chi connectivity index (χ2v) is 7.64. The van der Waals surface area contributed by atoms with Gasteiger partial charge in [-0.1, -0.05) is 0 Å². The van der Waals surface area contributed by atoms with Crippen molar-refractivity contribution in [3.63, 3.8) is 0 Å². The van der Waals surface area contributed by atoms with Crippen LogP contribution in [0.2, 0.25) is 0 Å². The van der Waals surface area contributed by atoms with Gasteiger partial charge in [0.1, 0.15) is 4.83 Å². The standard InChI is InChI=1S/C19H17F2N3O2S/c20-13-6-5-11(9-14(13)21)23-16(25)7-8-24-10-22-18-17(19(24)26)12-3-1-2-4-15(12)27-18/h5-6,9-10H,1-4,7-8H2,(H,23,25). The lowest BCUT2D eigenvalue weighted by atomic mass is 9.97. The van der Waals surface area contributed by atoms with Crippen LogP contribution >= 0.6 is 11.3 Å². The van der Waals surface area contributed by atoms with Crippen molar-refractivity contribution in [2.45, 2.75) is 38.6 Å². The van der Waals surface area contributed by atoms with Crippen LogP contribution in [0.25, 0.3) is 10.2 Å². The van der Waals surface area contributed by atoms with Crippen molar-refractivity contribution in [1.29, 1.82) is 0 Å². The van der Waals surface area contributed by atoms with E-state index in [9.17, 15) is 18.4 Å². The van der Waals surface area contributed by atoms with Crippen LogP contribution in [0.4, 0.5) is 14.5 Å². The fourth-order valence-electron chi connectivity index (χ4n) is 3.36. The van der Waals surface area contributed by atoms with E-state index in [1.165, 1.54) is 21.8 Å². The van der Waals surface area contributed by atoms with E-state index in [1.54, 1.807) is 11.3 Å². The van der Waals surface area contributed by atoms with Gasteiger partial charge in [0.2, 0.25) is 5.91 Å². The molecule has 3 aromatic rings. The Morgan fingerprint density at radius 1 is 1.22 bits per heavy atom. The van der Waals surface area contributed by atoms with E-state index in [-0.39, 0.29) is 30.1 Å². The lowest BCUT2D eigenvalue weighted by molar-refractivity contribution is -0.116. The van der Waals surface area contributed by atoms with Crippen LogP contribution < -0.4 is 10.9 Å². The smallest absolute Gasteiger partial charge is 0.262 e. The maximum absolute atomic E-state index is 13.2. The SMILES string of the molecule is O=C(CCn1cnc2sc3c(c2c1=O)CCCC3)Nc1ccc(F)c(F)c1. The summed E-state index contributed by atoms with van der Waals surface area (Å²) in [5.74, 6) is -2.39. The minimum absolute atomic E-state index is 0.0262. The molecule has 2 heterocycles. The number of benzene rings is 1. The minimum atomic E-state index is -1.03. The molecule has 1 amide bonds. The normalized spacial score (nSPS) is 13.6. The van der Waals surface area contributed by atoms with Crippen molar-refractivity contribution in [2.75, 3.05) is 5.32 Å². The monoisotopic (exact) mass is 389 g/mol. The molecule has 0 bridgehead atoms. The summed E-state index contributed by atoms with van der Waals surface area (Å²) in [6.07, 6.45) is 5.59. The molecule has 2 aromatic heterocycles. The number of hydrogen-bond acceptors (Lipinski definition) is 4. The molecule has 1 aliphatic rings. The van der Waals surface area contributed by atoms with Gasteiger partial charge in [0.15, 0.2) is 11.6 Å². The molecule has 1 aliphatic carbocycles. The summed E-state index contributed by atoms with van der Waals surface area (Å²) < 4.78 is 27.6. The third kappa shape index (κ3) is 3.49. The lowest BCUT2D eigenvalue weighted by Crippen LogP contribution is -2.24. The van der Waals surface area contributed by atoms with Gasteiger partial charge in [-0.25, -0.2) is 13.8 Å². The Morgan fingerprint density at radius 3 is 2.85 bits per heavy atom. The maximum atomic E-state index is 13.2. The highest BCUT2D eigenvalue weighted by atomic mass is 32.1. The molecule has 1 N–H and O–H groups in total. The zero-order valence-corrected chi connectivity index (χ0v) is 15.2. The van der Waals surface area contributed by atoms with Gasteiger partial charge in [0.25, 0.3) is 5.56 Å². The van der Waals surface area contributed by atoms with Crippen LogP contribution in [0.5, 0.6) is 0 Å². The Balaban J connectivity index is 1.50. The minimum Gasteiger partial charge on any atom is -0.326 e. The number of rotatable bonds is 4. The Labute approximate surface area is 157 Å². The fourth-order valence-corrected chi connectivity index (χ4v) is 4.58. The first-order valence-electron chi connectivity index (χ1n) is 8.77. The largest absolute Gasteiger partial charge is 0.326 e. The summed E-state index contributed by atoms with van der Waals surface area (Å²) in [6, 6.07) is 3.16. The van der Waals surface area contributed by atoms with E-state index in [4.69, 9.17) is 0 Å². The maximum Gasteiger partial charge on any atom is 0.262 e. The predicted molar refractivity (Wildman–Crippen MR) is 100 cm³/mol. The molecule has 0 fully saturated rings. The summed E-state index contributed by atoms with van der Waals surface area (Å²) in [7, 11) is 0. The first-order valence-corrected chi connectivity index (χ1v) is 9.59. The molecule has 0 saturated heterocycles. The molecule has 0 saturated carbocycles. The molecule has 0 radical (unpaired) electrons. The van der Waals surface area contributed by atoms with Gasteiger partial charge in [-0.15, -0.1) is 11.3 Å². The molecule has 0 atom stereocenters. The van der Waals surface area contributed by atoms with E-state index in [1.807, 2.05) is 0 Å². The Kier molecular flexibility index (Phi) is 4.73. The van der Waals surface area contributed by atoms with Crippen LogP contribution in [0.15, 0.2) is 29.3 Å². The van der Waals surface area contributed by atoms with Gasteiger partial charge in [-0.05, 0) is 43.4 Å². The van der Waals surface area contributed by atoms with E-state index >= 15 is 0 Å². The molecule has 0 spiro atoms. The van der Waals surface area contributed by atoms with Crippen molar-refractivity contribution in [2.24, 2.45) is 0 Å². The number of amides is 1. The van der Waals surface area contributed by atoms with Crippen molar-refractivity contribution < 1.29 is 13.6 Å². The number of thiophene rings is 1. The lowest BCUT2D eigenvalue weighted by Gasteiger charge is -2.10. The molecule has 140 valence electrons. The zero-order chi connectivity index (χ0) is 19.0. The summed E-state index contributed by atoms with van der Waals surface area (Å²) in [6.45, 7) is 0.169. The third-order valence-electron chi connectivity index (χ3n) is 4.72. The van der Waals surface area contributed by atoms with Crippen molar-refractivity contribution in [3.8, 4) is 0 Å². The van der Waals surface area contributed by atoms with Gasteiger partial charge < -0.3 is 5.32 Å². The molecule has 0 unspecified atom stereocenters. The number of aryl methyl sites for hydroxylation is 3. The number of carbonyl (C=O) groups is 1. The van der Waals surface area contributed by atoms with Gasteiger partial charge >= 0.3 is 0 Å². The second-order valence-electron chi connectivity index (χ2n) is 6.56.